The van der Waals surface area contributed by atoms with E-state index in [1.165, 1.54) is 18.7 Å². The summed E-state index contributed by atoms with van der Waals surface area (Å²) in [4.78, 5) is 53.3. The Morgan fingerprint density at radius 1 is 1.05 bits per heavy atom. The van der Waals surface area contributed by atoms with Gasteiger partial charge in [0.25, 0.3) is 5.91 Å². The molecule has 11 nitrogen and oxygen atoms in total. The molecular formula is C30H34F3N5O6. The molecule has 0 spiro atoms. The van der Waals surface area contributed by atoms with Crippen LogP contribution in [0.2, 0.25) is 0 Å². The molecule has 2 aliphatic heterocycles. The third-order valence-electron chi connectivity index (χ3n) is 7.49. The van der Waals surface area contributed by atoms with Gasteiger partial charge in [0, 0.05) is 19.5 Å². The second kappa shape index (κ2) is 13.0. The van der Waals surface area contributed by atoms with E-state index in [0.717, 1.165) is 5.56 Å². The molecule has 2 aromatic carbocycles. The van der Waals surface area contributed by atoms with E-state index in [4.69, 9.17) is 9.84 Å². The van der Waals surface area contributed by atoms with Crippen LogP contribution in [0.3, 0.4) is 0 Å². The van der Waals surface area contributed by atoms with Crippen molar-refractivity contribution in [1.29, 1.82) is 0 Å². The van der Waals surface area contributed by atoms with Crippen LogP contribution in [0.25, 0.3) is 0 Å². The van der Waals surface area contributed by atoms with Crippen LogP contribution in [-0.4, -0.2) is 88.5 Å². The zero-order chi connectivity index (χ0) is 32.1. The van der Waals surface area contributed by atoms with Crippen molar-refractivity contribution in [3.8, 4) is 0 Å². The van der Waals surface area contributed by atoms with Crippen LogP contribution in [0.1, 0.15) is 31.4 Å². The quantitative estimate of drug-likeness (QED) is 0.354. The summed E-state index contributed by atoms with van der Waals surface area (Å²) in [6.45, 7) is 0.674. The number of benzene rings is 2. The van der Waals surface area contributed by atoms with Crippen LogP contribution in [0.5, 0.6) is 0 Å². The first-order chi connectivity index (χ1) is 20.7. The normalized spacial score (nSPS) is 19.2. The summed E-state index contributed by atoms with van der Waals surface area (Å²) in [5, 5.41) is 18.3. The van der Waals surface area contributed by atoms with Gasteiger partial charge in [-0.2, -0.15) is 18.3 Å². The number of hydrogen-bond acceptors (Lipinski definition) is 6. The second-order valence-electron chi connectivity index (χ2n) is 11.4. The lowest BCUT2D eigenvalue weighted by atomic mass is 9.73. The number of carbonyl (C=O) groups is 4. The monoisotopic (exact) mass is 617 g/mol. The molecule has 0 saturated carbocycles. The molecule has 2 aromatic rings. The molecule has 0 radical (unpaired) electrons. The molecule has 0 aromatic heterocycles. The van der Waals surface area contributed by atoms with Gasteiger partial charge >= 0.3 is 12.3 Å². The molecule has 3 N–H and O–H groups in total. The summed E-state index contributed by atoms with van der Waals surface area (Å²) in [5.74, 6) is -2.29. The van der Waals surface area contributed by atoms with Gasteiger partial charge in [0.05, 0.1) is 18.9 Å². The molecule has 2 atom stereocenters. The van der Waals surface area contributed by atoms with Crippen LogP contribution >= 0.6 is 0 Å². The number of rotatable bonds is 11. The van der Waals surface area contributed by atoms with Crippen molar-refractivity contribution in [2.45, 2.75) is 51.1 Å². The van der Waals surface area contributed by atoms with Crippen molar-refractivity contribution in [2.75, 3.05) is 26.2 Å². The van der Waals surface area contributed by atoms with E-state index in [1.54, 1.807) is 30.3 Å². The number of fused-ring (bicyclic) bond motifs is 1. The molecular weight excluding hydrogens is 583 g/mol. The van der Waals surface area contributed by atoms with Crippen LogP contribution < -0.4 is 10.6 Å². The SMILES string of the molecule is CC(C)(NC(=O)O)C(=O)N[C@H](COCc1ccccc1)C(=O)N1CCC2=NN(CC(F)(F)F)C(=O)C2(Cc2ccccc2)C1. The Morgan fingerprint density at radius 2 is 1.66 bits per heavy atom. The van der Waals surface area contributed by atoms with Crippen molar-refractivity contribution >= 4 is 29.5 Å². The van der Waals surface area contributed by atoms with Gasteiger partial charge in [-0.3, -0.25) is 14.4 Å². The number of nitrogens with one attached hydrogen (secondary N) is 2. The van der Waals surface area contributed by atoms with Gasteiger partial charge < -0.3 is 25.4 Å². The van der Waals surface area contributed by atoms with Crippen LogP contribution in [0, 0.1) is 5.41 Å². The maximum atomic E-state index is 14.0. The van der Waals surface area contributed by atoms with E-state index >= 15 is 0 Å². The Labute approximate surface area is 252 Å². The minimum absolute atomic E-state index is 0.0146. The van der Waals surface area contributed by atoms with Crippen molar-refractivity contribution in [2.24, 2.45) is 10.5 Å². The first-order valence-corrected chi connectivity index (χ1v) is 13.9. The number of likely N-dealkylation sites (tertiary alicyclic amines) is 1. The van der Waals surface area contributed by atoms with Crippen LogP contribution in [0.4, 0.5) is 18.0 Å². The van der Waals surface area contributed by atoms with Crippen LogP contribution in [-0.2, 0) is 32.1 Å². The predicted octanol–water partition coefficient (Wildman–Crippen LogP) is 2.96. The summed E-state index contributed by atoms with van der Waals surface area (Å²) in [5.41, 5.74) is -1.41. The van der Waals surface area contributed by atoms with Gasteiger partial charge in [-0.25, -0.2) is 9.80 Å². The van der Waals surface area contributed by atoms with Crippen molar-refractivity contribution in [3.05, 3.63) is 71.8 Å². The number of alkyl halides is 3. The van der Waals surface area contributed by atoms with E-state index in [0.29, 0.717) is 10.6 Å². The topological polar surface area (TPSA) is 141 Å². The highest BCUT2D eigenvalue weighted by molar-refractivity contribution is 6.14. The Hall–Kier alpha value is -4.46. The molecule has 2 aliphatic rings. The predicted molar refractivity (Wildman–Crippen MR) is 152 cm³/mol. The molecule has 4 rings (SSSR count). The molecule has 14 heteroatoms. The second-order valence-corrected chi connectivity index (χ2v) is 11.4. The first kappa shape index (κ1) is 32.5. The van der Waals surface area contributed by atoms with E-state index in [2.05, 4.69) is 15.7 Å². The zero-order valence-corrected chi connectivity index (χ0v) is 24.3. The molecule has 2 heterocycles. The Kier molecular flexibility index (Phi) is 9.62. The summed E-state index contributed by atoms with van der Waals surface area (Å²) >= 11 is 0. The average Bonchev–Trinajstić information content (AvgIpc) is 3.21. The molecule has 4 amide bonds. The third kappa shape index (κ3) is 7.73. The lowest BCUT2D eigenvalue weighted by Crippen LogP contribution is -2.62. The van der Waals surface area contributed by atoms with Gasteiger partial charge in [0.15, 0.2) is 0 Å². The smallest absolute Gasteiger partial charge is 0.408 e. The summed E-state index contributed by atoms with van der Waals surface area (Å²) in [6.07, 6.45) is -6.07. The number of piperidine rings is 1. The van der Waals surface area contributed by atoms with Gasteiger partial charge in [-0.05, 0) is 31.4 Å². The molecule has 1 fully saturated rings. The van der Waals surface area contributed by atoms with E-state index < -0.39 is 53.5 Å². The van der Waals surface area contributed by atoms with Gasteiger partial charge in [0.2, 0.25) is 11.8 Å². The summed E-state index contributed by atoms with van der Waals surface area (Å²) in [7, 11) is 0. The molecule has 236 valence electrons. The van der Waals surface area contributed by atoms with Gasteiger partial charge in [-0.1, -0.05) is 60.7 Å². The fraction of sp³-hybridized carbons (Fsp3) is 0.433. The number of hydrogen-bond donors (Lipinski definition) is 3. The Morgan fingerprint density at radius 3 is 2.25 bits per heavy atom. The van der Waals surface area contributed by atoms with Crippen molar-refractivity contribution in [3.63, 3.8) is 0 Å². The average molecular weight is 618 g/mol. The number of amides is 4. The highest BCUT2D eigenvalue weighted by Gasteiger charge is 2.56. The minimum atomic E-state index is -4.68. The number of carbonyl (C=O) groups excluding carboxylic acids is 3. The molecule has 0 bridgehead atoms. The third-order valence-corrected chi connectivity index (χ3v) is 7.49. The van der Waals surface area contributed by atoms with Crippen LogP contribution in [0.15, 0.2) is 65.8 Å². The highest BCUT2D eigenvalue weighted by atomic mass is 19.4. The maximum absolute atomic E-state index is 14.0. The number of halogens is 3. The summed E-state index contributed by atoms with van der Waals surface area (Å²) in [6, 6.07) is 16.5. The zero-order valence-electron chi connectivity index (χ0n) is 24.3. The van der Waals surface area contributed by atoms with Crippen molar-refractivity contribution < 1.29 is 42.2 Å². The molecule has 0 aliphatic carbocycles. The molecule has 1 saturated heterocycles. The van der Waals surface area contributed by atoms with E-state index in [9.17, 15) is 32.3 Å². The molecule has 1 unspecified atom stereocenters. The van der Waals surface area contributed by atoms with Crippen molar-refractivity contribution in [1.82, 2.24) is 20.5 Å². The Bertz CT molecular complexity index is 1400. The lowest BCUT2D eigenvalue weighted by Gasteiger charge is -2.41. The van der Waals surface area contributed by atoms with E-state index in [-0.39, 0.29) is 44.9 Å². The number of carboxylic acid groups (broad SMARTS) is 1. The lowest BCUT2D eigenvalue weighted by molar-refractivity contribution is -0.164. The summed E-state index contributed by atoms with van der Waals surface area (Å²) < 4.78 is 45.8. The standard InChI is InChI=1S/C30H34F3N5O6/c1-28(2,35-27(42)43)25(40)34-22(17-44-16-21-11-7-4-8-12-21)24(39)37-14-13-23-29(18-37,15-20-9-5-3-6-10-20)26(41)38(36-23)19-30(31,32)33/h3-12,22,35H,13-19H2,1-2H3,(H,34,40)(H,42,43)/t22-,29?/m1/s1. The van der Waals surface area contributed by atoms with E-state index in [1.807, 2.05) is 30.3 Å². The number of ether oxygens (including phenoxy) is 1. The number of hydrazone groups is 1. The first-order valence-electron chi connectivity index (χ1n) is 13.9. The fourth-order valence-corrected chi connectivity index (χ4v) is 5.32. The Balaban J connectivity index is 1.60. The van der Waals surface area contributed by atoms with Gasteiger partial charge in [-0.15, -0.1) is 0 Å². The molecule has 44 heavy (non-hydrogen) atoms. The number of nitrogens with zero attached hydrogens (tertiary/aromatic N) is 3. The highest BCUT2D eigenvalue weighted by Crippen LogP contribution is 2.40. The van der Waals surface area contributed by atoms with Gasteiger partial charge in [0.1, 0.15) is 23.5 Å². The largest absolute Gasteiger partial charge is 0.465 e. The fourth-order valence-electron chi connectivity index (χ4n) is 5.32. The maximum Gasteiger partial charge on any atom is 0.408 e. The minimum Gasteiger partial charge on any atom is -0.465 e.